The zero-order valence-electron chi connectivity index (χ0n) is 6.89. The first kappa shape index (κ1) is 9.03. The van der Waals surface area contributed by atoms with Crippen molar-refractivity contribution in [3.8, 4) is 6.07 Å². The molecular formula is C8H14N2. The predicted molar refractivity (Wildman–Crippen MR) is 42.3 cm³/mol. The molecule has 0 amide bonds. The summed E-state index contributed by atoms with van der Waals surface area (Å²) < 4.78 is 0. The second-order valence-corrected chi connectivity index (χ2v) is 2.15. The van der Waals surface area contributed by atoms with Gasteiger partial charge in [-0.25, -0.2) is 0 Å². The molecule has 0 fully saturated rings. The van der Waals surface area contributed by atoms with E-state index in [0.29, 0.717) is 0 Å². The second-order valence-electron chi connectivity index (χ2n) is 2.15. The van der Waals surface area contributed by atoms with Crippen molar-refractivity contribution in [2.75, 3.05) is 13.1 Å². The molecule has 0 aromatic rings. The zero-order chi connectivity index (χ0) is 7.98. The van der Waals surface area contributed by atoms with Crippen LogP contribution in [0.25, 0.3) is 0 Å². The molecule has 0 rings (SSSR count). The molecule has 56 valence electrons. The minimum absolute atomic E-state index is 0.767. The summed E-state index contributed by atoms with van der Waals surface area (Å²) >= 11 is 0. The van der Waals surface area contributed by atoms with Crippen molar-refractivity contribution < 1.29 is 0 Å². The molecule has 0 bridgehead atoms. The highest BCUT2D eigenvalue weighted by molar-refractivity contribution is 5.16. The fourth-order valence-electron chi connectivity index (χ4n) is 0.709. The first-order valence-electron chi connectivity index (χ1n) is 3.57. The van der Waals surface area contributed by atoms with Gasteiger partial charge in [0.1, 0.15) is 0 Å². The Morgan fingerprint density at radius 1 is 1.50 bits per heavy atom. The van der Waals surface area contributed by atoms with Gasteiger partial charge in [0.05, 0.1) is 6.07 Å². The predicted octanol–water partition coefficient (Wildman–Crippen LogP) is 1.76. The Labute approximate surface area is 62.8 Å². The molecule has 0 aromatic heterocycles. The van der Waals surface area contributed by atoms with Crippen LogP contribution < -0.4 is 0 Å². The van der Waals surface area contributed by atoms with E-state index in [2.05, 4.69) is 24.8 Å². The number of nitriles is 1. The smallest absolute Gasteiger partial charge is 0.0959 e. The molecule has 0 atom stereocenters. The van der Waals surface area contributed by atoms with Gasteiger partial charge in [0, 0.05) is 24.9 Å². The summed E-state index contributed by atoms with van der Waals surface area (Å²) in [6, 6.07) is 2.08. The van der Waals surface area contributed by atoms with Gasteiger partial charge in [0.2, 0.25) is 0 Å². The van der Waals surface area contributed by atoms with Gasteiger partial charge in [-0.3, -0.25) is 0 Å². The fraction of sp³-hybridized carbons (Fsp3) is 0.625. The van der Waals surface area contributed by atoms with E-state index in [1.54, 1.807) is 0 Å². The fourth-order valence-corrected chi connectivity index (χ4v) is 0.709. The summed E-state index contributed by atoms with van der Waals surface area (Å²) in [5.74, 6) is 0. The van der Waals surface area contributed by atoms with Crippen LogP contribution >= 0.6 is 0 Å². The number of rotatable bonds is 3. The first-order valence-corrected chi connectivity index (χ1v) is 3.57. The molecule has 0 aliphatic carbocycles. The van der Waals surface area contributed by atoms with Gasteiger partial charge in [0.25, 0.3) is 0 Å². The highest BCUT2D eigenvalue weighted by Crippen LogP contribution is 1.94. The van der Waals surface area contributed by atoms with Crippen LogP contribution in [0, 0.1) is 11.3 Å². The molecule has 0 aliphatic heterocycles. The van der Waals surface area contributed by atoms with Crippen LogP contribution in [-0.2, 0) is 0 Å². The quantitative estimate of drug-likeness (QED) is 0.555. The maximum absolute atomic E-state index is 8.43. The SMILES string of the molecule is CCN(/C=C(\C)C#N)CC. The normalized spacial score (nSPS) is 10.8. The highest BCUT2D eigenvalue weighted by atomic mass is 15.1. The molecule has 2 nitrogen and oxygen atoms in total. The van der Waals surface area contributed by atoms with E-state index in [9.17, 15) is 0 Å². The van der Waals surface area contributed by atoms with Crippen molar-refractivity contribution in [1.29, 1.82) is 5.26 Å². The Bertz CT molecular complexity index is 149. The third-order valence-corrected chi connectivity index (χ3v) is 1.36. The van der Waals surface area contributed by atoms with E-state index < -0.39 is 0 Å². The summed E-state index contributed by atoms with van der Waals surface area (Å²) in [6.45, 7) is 7.90. The average molecular weight is 138 g/mol. The van der Waals surface area contributed by atoms with Crippen LogP contribution in [0.1, 0.15) is 20.8 Å². The van der Waals surface area contributed by atoms with Gasteiger partial charge < -0.3 is 4.90 Å². The number of hydrogen-bond donors (Lipinski definition) is 0. The minimum Gasteiger partial charge on any atom is -0.377 e. The first-order chi connectivity index (χ1) is 4.74. The Morgan fingerprint density at radius 2 is 2.00 bits per heavy atom. The van der Waals surface area contributed by atoms with Gasteiger partial charge in [-0.2, -0.15) is 5.26 Å². The van der Waals surface area contributed by atoms with Crippen LogP contribution in [0.3, 0.4) is 0 Å². The minimum atomic E-state index is 0.767. The number of allylic oxidation sites excluding steroid dienone is 1. The average Bonchev–Trinajstić information content (AvgIpc) is 1.99. The third-order valence-electron chi connectivity index (χ3n) is 1.36. The van der Waals surface area contributed by atoms with Crippen molar-refractivity contribution in [3.05, 3.63) is 11.8 Å². The van der Waals surface area contributed by atoms with E-state index in [0.717, 1.165) is 18.7 Å². The molecule has 10 heavy (non-hydrogen) atoms. The van der Waals surface area contributed by atoms with E-state index >= 15 is 0 Å². The lowest BCUT2D eigenvalue weighted by Crippen LogP contribution is -2.15. The monoisotopic (exact) mass is 138 g/mol. The largest absolute Gasteiger partial charge is 0.377 e. The lowest BCUT2D eigenvalue weighted by Gasteiger charge is -2.14. The second kappa shape index (κ2) is 4.87. The number of nitrogens with zero attached hydrogens (tertiary/aromatic N) is 2. The van der Waals surface area contributed by atoms with Gasteiger partial charge in [0.15, 0.2) is 0 Å². The van der Waals surface area contributed by atoms with Crippen LogP contribution in [-0.4, -0.2) is 18.0 Å². The molecule has 0 aliphatic rings. The molecule has 0 N–H and O–H groups in total. The molecule has 2 heteroatoms. The standard InChI is InChI=1S/C8H14N2/c1-4-10(5-2)7-8(3)6-9/h7H,4-5H2,1-3H3/b8-7+. The van der Waals surface area contributed by atoms with Crippen molar-refractivity contribution in [1.82, 2.24) is 4.90 Å². The van der Waals surface area contributed by atoms with Gasteiger partial charge >= 0.3 is 0 Å². The van der Waals surface area contributed by atoms with E-state index in [1.165, 1.54) is 0 Å². The molecule has 0 heterocycles. The summed E-state index contributed by atoms with van der Waals surface area (Å²) in [5, 5.41) is 8.43. The Hall–Kier alpha value is -0.970. The van der Waals surface area contributed by atoms with E-state index in [4.69, 9.17) is 5.26 Å². The molecule has 0 spiro atoms. The summed E-state index contributed by atoms with van der Waals surface area (Å²) in [5.41, 5.74) is 0.767. The summed E-state index contributed by atoms with van der Waals surface area (Å²) in [7, 11) is 0. The molecular weight excluding hydrogens is 124 g/mol. The summed E-state index contributed by atoms with van der Waals surface area (Å²) in [6.07, 6.45) is 1.89. The van der Waals surface area contributed by atoms with Crippen molar-refractivity contribution in [2.24, 2.45) is 0 Å². The number of hydrogen-bond acceptors (Lipinski definition) is 2. The van der Waals surface area contributed by atoms with Gasteiger partial charge in [-0.05, 0) is 20.8 Å². The summed E-state index contributed by atoms with van der Waals surface area (Å²) in [4.78, 5) is 2.10. The van der Waals surface area contributed by atoms with Crippen LogP contribution in [0.5, 0.6) is 0 Å². The Morgan fingerprint density at radius 3 is 2.30 bits per heavy atom. The van der Waals surface area contributed by atoms with E-state index in [1.807, 2.05) is 13.1 Å². The van der Waals surface area contributed by atoms with Crippen molar-refractivity contribution in [2.45, 2.75) is 20.8 Å². The molecule has 0 aromatic carbocycles. The third kappa shape index (κ3) is 3.13. The lowest BCUT2D eigenvalue weighted by molar-refractivity contribution is 0.417. The maximum Gasteiger partial charge on any atom is 0.0959 e. The van der Waals surface area contributed by atoms with Crippen LogP contribution in [0.2, 0.25) is 0 Å². The topological polar surface area (TPSA) is 27.0 Å². The van der Waals surface area contributed by atoms with Gasteiger partial charge in [-0.1, -0.05) is 0 Å². The molecule has 0 saturated carbocycles. The van der Waals surface area contributed by atoms with Crippen LogP contribution in [0.4, 0.5) is 0 Å². The van der Waals surface area contributed by atoms with Gasteiger partial charge in [-0.15, -0.1) is 0 Å². The highest BCUT2D eigenvalue weighted by Gasteiger charge is 1.91. The Balaban J connectivity index is 3.96. The molecule has 0 unspecified atom stereocenters. The zero-order valence-corrected chi connectivity index (χ0v) is 6.89. The van der Waals surface area contributed by atoms with E-state index in [-0.39, 0.29) is 0 Å². The maximum atomic E-state index is 8.43. The van der Waals surface area contributed by atoms with Crippen LogP contribution in [0.15, 0.2) is 11.8 Å². The Kier molecular flexibility index (Phi) is 4.39. The molecule has 0 saturated heterocycles. The molecule has 0 radical (unpaired) electrons. The lowest BCUT2D eigenvalue weighted by atomic mass is 10.3. The van der Waals surface area contributed by atoms with Crippen molar-refractivity contribution >= 4 is 0 Å². The van der Waals surface area contributed by atoms with Crippen molar-refractivity contribution in [3.63, 3.8) is 0 Å².